The molecule has 2 fully saturated rings. The van der Waals surface area contributed by atoms with E-state index in [0.717, 1.165) is 0 Å². The lowest BCUT2D eigenvalue weighted by Crippen LogP contribution is -2.63. The van der Waals surface area contributed by atoms with E-state index in [-0.39, 0.29) is 24.9 Å². The molecular weight excluding hydrogens is 369 g/mol. The molecule has 2 atom stereocenters. The molecule has 2 N–H and O–H groups in total. The number of piperidine rings is 1. The smallest absolute Gasteiger partial charge is 0.388 e. The highest BCUT2D eigenvalue weighted by atomic mass is 19.4. The zero-order valence-corrected chi connectivity index (χ0v) is 15.2. The molecule has 0 aromatic carbocycles. The molecule has 27 heavy (non-hydrogen) atoms. The number of amides is 1. The number of hydrogen-bond acceptors (Lipinski definition) is 7. The highest BCUT2D eigenvalue weighted by Gasteiger charge is 2.49. The highest BCUT2D eigenvalue weighted by molar-refractivity contribution is 5.73. The molecule has 0 saturated carbocycles. The molecular formula is C16H23F3N4O4. The van der Waals surface area contributed by atoms with Gasteiger partial charge in [-0.1, -0.05) is 5.16 Å². The lowest BCUT2D eigenvalue weighted by atomic mass is 9.75. The van der Waals surface area contributed by atoms with Gasteiger partial charge in [-0.05, 0) is 19.8 Å². The van der Waals surface area contributed by atoms with E-state index in [4.69, 9.17) is 4.74 Å². The van der Waals surface area contributed by atoms with Gasteiger partial charge in [0.2, 0.25) is 11.8 Å². The van der Waals surface area contributed by atoms with Crippen LogP contribution in [0.3, 0.4) is 0 Å². The summed E-state index contributed by atoms with van der Waals surface area (Å²) in [6.45, 7) is 4.53. The summed E-state index contributed by atoms with van der Waals surface area (Å²) in [5.41, 5.74) is -1.61. The fourth-order valence-corrected chi connectivity index (χ4v) is 3.77. The number of alkyl halides is 3. The number of carbonyl (C=O) groups excluding carboxylic acids is 1. The maximum absolute atomic E-state index is 12.5. The van der Waals surface area contributed by atoms with Crippen molar-refractivity contribution in [2.75, 3.05) is 19.7 Å². The molecule has 152 valence electrons. The minimum atomic E-state index is -4.63. The lowest BCUT2D eigenvalue weighted by molar-refractivity contribution is -0.189. The quantitative estimate of drug-likeness (QED) is 0.794. The number of nitrogens with one attached hydrogen (secondary N) is 1. The largest absolute Gasteiger partial charge is 0.455 e. The van der Waals surface area contributed by atoms with Crippen LogP contribution < -0.4 is 5.32 Å². The summed E-state index contributed by atoms with van der Waals surface area (Å²) < 4.78 is 48.3. The molecule has 0 aliphatic carbocycles. The molecule has 0 radical (unpaired) electrons. The van der Waals surface area contributed by atoms with Crippen LogP contribution in [0, 0.1) is 0 Å². The van der Waals surface area contributed by atoms with Crippen molar-refractivity contribution in [2.24, 2.45) is 0 Å². The van der Waals surface area contributed by atoms with Crippen LogP contribution in [-0.4, -0.2) is 63.0 Å². The summed E-state index contributed by atoms with van der Waals surface area (Å²) in [7, 11) is 0. The lowest BCUT2D eigenvalue weighted by Gasteiger charge is -2.51. The number of aliphatic hydroxyl groups is 1. The van der Waals surface area contributed by atoms with Crippen LogP contribution in [0.4, 0.5) is 13.2 Å². The van der Waals surface area contributed by atoms with E-state index in [1.807, 2.05) is 4.90 Å². The second-order valence-corrected chi connectivity index (χ2v) is 7.57. The van der Waals surface area contributed by atoms with Gasteiger partial charge in [0, 0.05) is 26.4 Å². The fourth-order valence-electron chi connectivity index (χ4n) is 3.77. The second-order valence-electron chi connectivity index (χ2n) is 7.57. The number of ether oxygens (including phenoxy) is 1. The van der Waals surface area contributed by atoms with Crippen molar-refractivity contribution < 1.29 is 32.3 Å². The first-order chi connectivity index (χ1) is 12.5. The number of carbonyl (C=O) groups is 1. The number of halogens is 3. The van der Waals surface area contributed by atoms with Gasteiger partial charge in [-0.2, -0.15) is 18.2 Å². The van der Waals surface area contributed by atoms with Crippen molar-refractivity contribution in [2.45, 2.75) is 63.1 Å². The van der Waals surface area contributed by atoms with Crippen LogP contribution in [0.15, 0.2) is 4.52 Å². The molecule has 1 spiro atoms. The molecule has 1 aromatic rings. The number of nitrogens with zero attached hydrogens (tertiary/aromatic N) is 3. The van der Waals surface area contributed by atoms with Crippen LogP contribution in [0.25, 0.3) is 0 Å². The average Bonchev–Trinajstić information content (AvgIpc) is 3.01. The minimum absolute atomic E-state index is 0.0828. The molecule has 1 amide bonds. The molecule has 3 rings (SSSR count). The SMILES string of the molecule is CC(=O)N[C@H]1COC2(CCN(Cc3nc(C(F)(F)F)no3)CC2)C[C@]1(C)O. The Morgan fingerprint density at radius 1 is 1.41 bits per heavy atom. The Hall–Kier alpha value is -1.72. The summed E-state index contributed by atoms with van der Waals surface area (Å²) in [6, 6.07) is -0.474. The van der Waals surface area contributed by atoms with E-state index in [1.54, 1.807) is 6.92 Å². The van der Waals surface area contributed by atoms with Crippen molar-refractivity contribution in [1.29, 1.82) is 0 Å². The minimum Gasteiger partial charge on any atom is -0.388 e. The third-order valence-electron chi connectivity index (χ3n) is 5.21. The van der Waals surface area contributed by atoms with Gasteiger partial charge >= 0.3 is 6.18 Å². The molecule has 11 heteroatoms. The Kier molecular flexibility index (Phi) is 5.21. The predicted octanol–water partition coefficient (Wildman–Crippen LogP) is 1.10. The Labute approximate surface area is 154 Å². The third-order valence-corrected chi connectivity index (χ3v) is 5.21. The zero-order chi connectivity index (χ0) is 19.9. The first kappa shape index (κ1) is 20.0. The topological polar surface area (TPSA) is 101 Å². The second kappa shape index (κ2) is 7.02. The van der Waals surface area contributed by atoms with Crippen molar-refractivity contribution >= 4 is 5.91 Å². The normalized spacial score (nSPS) is 29.0. The Balaban J connectivity index is 1.56. The molecule has 2 aliphatic rings. The van der Waals surface area contributed by atoms with E-state index < -0.39 is 29.2 Å². The molecule has 2 saturated heterocycles. The van der Waals surface area contributed by atoms with Crippen molar-refractivity contribution in [3.8, 4) is 0 Å². The fraction of sp³-hybridized carbons (Fsp3) is 0.812. The van der Waals surface area contributed by atoms with E-state index in [9.17, 15) is 23.1 Å². The Morgan fingerprint density at radius 3 is 2.59 bits per heavy atom. The van der Waals surface area contributed by atoms with Gasteiger partial charge in [0.15, 0.2) is 0 Å². The standard InChI is InChI=1S/C16H23F3N4O4/c1-10(24)20-11-8-26-15(9-14(11,2)25)3-5-23(6-4-15)7-12-21-13(22-27-12)16(17,18)19/h11,25H,3-9H2,1-2H3,(H,20,24)/t11-,14-/m0/s1. The van der Waals surface area contributed by atoms with Gasteiger partial charge in [-0.15, -0.1) is 0 Å². The number of rotatable bonds is 3. The van der Waals surface area contributed by atoms with E-state index in [0.29, 0.717) is 32.4 Å². The van der Waals surface area contributed by atoms with Crippen LogP contribution >= 0.6 is 0 Å². The van der Waals surface area contributed by atoms with Gasteiger partial charge in [0.25, 0.3) is 5.82 Å². The van der Waals surface area contributed by atoms with Crippen LogP contribution in [-0.2, 0) is 22.3 Å². The number of likely N-dealkylation sites (tertiary alicyclic amines) is 1. The summed E-state index contributed by atoms with van der Waals surface area (Å²) in [5.74, 6) is -1.59. The van der Waals surface area contributed by atoms with Crippen LogP contribution in [0.1, 0.15) is 44.8 Å². The molecule has 8 nitrogen and oxygen atoms in total. The van der Waals surface area contributed by atoms with Gasteiger partial charge in [0.1, 0.15) is 0 Å². The van der Waals surface area contributed by atoms with Crippen LogP contribution in [0.5, 0.6) is 0 Å². The Bertz CT molecular complexity index is 683. The molecule has 1 aromatic heterocycles. The predicted molar refractivity (Wildman–Crippen MR) is 85.3 cm³/mol. The maximum atomic E-state index is 12.5. The Morgan fingerprint density at radius 2 is 2.07 bits per heavy atom. The maximum Gasteiger partial charge on any atom is 0.455 e. The van der Waals surface area contributed by atoms with E-state index in [2.05, 4.69) is 20.0 Å². The summed E-state index contributed by atoms with van der Waals surface area (Å²) in [5, 5.41) is 16.4. The third kappa shape index (κ3) is 4.58. The molecule has 2 aliphatic heterocycles. The van der Waals surface area contributed by atoms with Crippen LogP contribution in [0.2, 0.25) is 0 Å². The van der Waals surface area contributed by atoms with Crippen molar-refractivity contribution in [1.82, 2.24) is 20.4 Å². The van der Waals surface area contributed by atoms with E-state index in [1.165, 1.54) is 6.92 Å². The zero-order valence-electron chi connectivity index (χ0n) is 15.2. The summed E-state index contributed by atoms with van der Waals surface area (Å²) in [4.78, 5) is 16.6. The molecule has 0 bridgehead atoms. The van der Waals surface area contributed by atoms with Gasteiger partial charge in [0.05, 0.1) is 30.4 Å². The molecule has 3 heterocycles. The van der Waals surface area contributed by atoms with E-state index >= 15 is 0 Å². The van der Waals surface area contributed by atoms with Crippen molar-refractivity contribution in [3.63, 3.8) is 0 Å². The van der Waals surface area contributed by atoms with Crippen molar-refractivity contribution in [3.05, 3.63) is 11.7 Å². The summed E-state index contributed by atoms with van der Waals surface area (Å²) >= 11 is 0. The van der Waals surface area contributed by atoms with Gasteiger partial charge < -0.3 is 19.7 Å². The monoisotopic (exact) mass is 392 g/mol. The van der Waals surface area contributed by atoms with Gasteiger partial charge in [-0.25, -0.2) is 0 Å². The number of hydrogen-bond donors (Lipinski definition) is 2. The average molecular weight is 392 g/mol. The first-order valence-corrected chi connectivity index (χ1v) is 8.75. The highest BCUT2D eigenvalue weighted by Crippen LogP contribution is 2.39. The molecule has 0 unspecified atom stereocenters. The first-order valence-electron chi connectivity index (χ1n) is 8.75. The van der Waals surface area contributed by atoms with Gasteiger partial charge in [-0.3, -0.25) is 9.69 Å². The number of aromatic nitrogens is 2. The summed E-state index contributed by atoms with van der Waals surface area (Å²) in [6.07, 6.45) is -3.04.